The third-order valence-electron chi connectivity index (χ3n) is 4.92. The number of hydrogen-bond donors (Lipinski definition) is 1. The fourth-order valence-corrected chi connectivity index (χ4v) is 3.99. The Hall–Kier alpha value is -1.10. The van der Waals surface area contributed by atoms with E-state index in [1.54, 1.807) is 4.90 Å². The van der Waals surface area contributed by atoms with Gasteiger partial charge in [-0.1, -0.05) is 27.7 Å². The Morgan fingerprint density at radius 3 is 2.62 bits per heavy atom. The van der Waals surface area contributed by atoms with Gasteiger partial charge in [-0.25, -0.2) is 0 Å². The molecule has 2 atom stereocenters. The number of carbonyl (C=O) groups is 2. The lowest BCUT2D eigenvalue weighted by atomic mass is 9.74. The summed E-state index contributed by atoms with van der Waals surface area (Å²) in [6.45, 7) is 9.88. The largest absolute Gasteiger partial charge is 0.481 e. The van der Waals surface area contributed by atoms with Crippen molar-refractivity contribution in [3.05, 3.63) is 0 Å². The van der Waals surface area contributed by atoms with Crippen LogP contribution in [-0.4, -0.2) is 48.2 Å². The van der Waals surface area contributed by atoms with Crippen molar-refractivity contribution in [1.29, 1.82) is 0 Å². The first kappa shape index (κ1) is 16.3. The number of nitrogens with zero attached hydrogens (tertiary/aromatic N) is 1. The second-order valence-corrected chi connectivity index (χ2v) is 7.65. The van der Waals surface area contributed by atoms with E-state index >= 15 is 0 Å². The van der Waals surface area contributed by atoms with Crippen molar-refractivity contribution in [1.82, 2.24) is 4.90 Å². The van der Waals surface area contributed by atoms with E-state index in [1.807, 2.05) is 13.8 Å². The molecule has 2 aliphatic heterocycles. The van der Waals surface area contributed by atoms with Crippen LogP contribution in [0.2, 0.25) is 0 Å². The summed E-state index contributed by atoms with van der Waals surface area (Å²) in [6, 6.07) is 0. The number of carboxylic acids is 1. The van der Waals surface area contributed by atoms with Crippen LogP contribution in [0.15, 0.2) is 0 Å². The molecule has 0 bridgehead atoms. The number of rotatable bonds is 4. The maximum absolute atomic E-state index is 12.8. The first-order chi connectivity index (χ1) is 9.69. The van der Waals surface area contributed by atoms with Gasteiger partial charge in [0.1, 0.15) is 0 Å². The van der Waals surface area contributed by atoms with E-state index in [2.05, 4.69) is 13.8 Å². The fourth-order valence-electron chi connectivity index (χ4n) is 3.99. The van der Waals surface area contributed by atoms with Crippen molar-refractivity contribution in [2.45, 2.75) is 40.5 Å². The lowest BCUT2D eigenvalue weighted by Gasteiger charge is -2.34. The number of fused-ring (bicyclic) bond motifs is 1. The van der Waals surface area contributed by atoms with E-state index in [0.717, 1.165) is 6.42 Å². The van der Waals surface area contributed by atoms with Crippen LogP contribution in [-0.2, 0) is 14.3 Å². The molecular weight excluding hydrogens is 270 g/mol. The molecule has 0 aromatic heterocycles. The van der Waals surface area contributed by atoms with Gasteiger partial charge in [0.2, 0.25) is 5.91 Å². The number of ether oxygens (including phenoxy) is 1. The molecule has 0 aromatic rings. The summed E-state index contributed by atoms with van der Waals surface area (Å²) in [5, 5.41) is 9.65. The van der Waals surface area contributed by atoms with Gasteiger partial charge >= 0.3 is 5.97 Å². The summed E-state index contributed by atoms with van der Waals surface area (Å²) in [7, 11) is 0. The molecule has 120 valence electrons. The van der Waals surface area contributed by atoms with Crippen LogP contribution in [0, 0.1) is 22.7 Å². The molecule has 21 heavy (non-hydrogen) atoms. The Labute approximate surface area is 126 Å². The first-order valence-electron chi connectivity index (χ1n) is 7.79. The first-order valence-corrected chi connectivity index (χ1v) is 7.79. The van der Waals surface area contributed by atoms with Gasteiger partial charge in [-0.05, 0) is 18.8 Å². The van der Waals surface area contributed by atoms with E-state index in [0.29, 0.717) is 38.6 Å². The molecule has 2 heterocycles. The Kier molecular flexibility index (Phi) is 4.34. The molecule has 0 radical (unpaired) electrons. The van der Waals surface area contributed by atoms with Gasteiger partial charge in [-0.15, -0.1) is 0 Å². The zero-order chi connectivity index (χ0) is 15.8. The lowest BCUT2D eigenvalue weighted by molar-refractivity contribution is -0.157. The van der Waals surface area contributed by atoms with Crippen molar-refractivity contribution in [3.63, 3.8) is 0 Å². The van der Waals surface area contributed by atoms with Gasteiger partial charge in [0.15, 0.2) is 0 Å². The van der Waals surface area contributed by atoms with Gasteiger partial charge in [-0.2, -0.15) is 0 Å². The highest BCUT2D eigenvalue weighted by atomic mass is 16.5. The fraction of sp³-hybridized carbons (Fsp3) is 0.875. The van der Waals surface area contributed by atoms with Gasteiger partial charge in [0, 0.05) is 31.0 Å². The molecule has 2 aliphatic rings. The summed E-state index contributed by atoms with van der Waals surface area (Å²) in [5.41, 5.74) is -1.25. The third kappa shape index (κ3) is 2.93. The predicted molar refractivity (Wildman–Crippen MR) is 78.8 cm³/mol. The zero-order valence-corrected chi connectivity index (χ0v) is 13.5. The molecule has 5 heteroatoms. The molecule has 2 saturated heterocycles. The Morgan fingerprint density at radius 1 is 1.43 bits per heavy atom. The third-order valence-corrected chi connectivity index (χ3v) is 4.92. The predicted octanol–water partition coefficient (Wildman–Crippen LogP) is 2.01. The normalized spacial score (nSPS) is 29.6. The smallest absolute Gasteiger partial charge is 0.311 e. The van der Waals surface area contributed by atoms with Gasteiger partial charge in [-0.3, -0.25) is 9.59 Å². The van der Waals surface area contributed by atoms with Crippen LogP contribution in [0.4, 0.5) is 0 Å². The summed E-state index contributed by atoms with van der Waals surface area (Å²) >= 11 is 0. The van der Waals surface area contributed by atoms with E-state index in [-0.39, 0.29) is 11.8 Å². The van der Waals surface area contributed by atoms with Crippen molar-refractivity contribution in [2.75, 3.05) is 26.3 Å². The van der Waals surface area contributed by atoms with E-state index in [1.165, 1.54) is 0 Å². The topological polar surface area (TPSA) is 66.8 Å². The number of likely N-dealkylation sites (tertiary alicyclic amines) is 1. The van der Waals surface area contributed by atoms with Crippen molar-refractivity contribution in [2.24, 2.45) is 22.7 Å². The Bertz CT molecular complexity index is 432. The van der Waals surface area contributed by atoms with Crippen molar-refractivity contribution < 1.29 is 19.4 Å². The molecule has 0 aromatic carbocycles. The second kappa shape index (κ2) is 5.59. The van der Waals surface area contributed by atoms with Gasteiger partial charge in [0.25, 0.3) is 0 Å². The highest BCUT2D eigenvalue weighted by molar-refractivity contribution is 5.84. The zero-order valence-electron chi connectivity index (χ0n) is 13.5. The monoisotopic (exact) mass is 297 g/mol. The van der Waals surface area contributed by atoms with Crippen LogP contribution in [0.5, 0.6) is 0 Å². The van der Waals surface area contributed by atoms with Crippen LogP contribution >= 0.6 is 0 Å². The molecule has 0 unspecified atom stereocenters. The molecule has 1 N–H and O–H groups in total. The van der Waals surface area contributed by atoms with E-state index in [4.69, 9.17) is 4.74 Å². The average Bonchev–Trinajstić information content (AvgIpc) is 2.76. The maximum atomic E-state index is 12.8. The standard InChI is InChI=1S/C16H27NO4/c1-11(2)7-15(3,4)13(18)17-8-12-9-21-6-5-16(12,10-17)14(19)20/h11-12H,5-10H2,1-4H3,(H,19,20)/t12-,16+/m0/s1. The molecule has 0 spiro atoms. The number of aliphatic carboxylic acids is 1. The number of carbonyl (C=O) groups excluding carboxylic acids is 1. The Balaban J connectivity index is 2.16. The summed E-state index contributed by atoms with van der Waals surface area (Å²) in [6.07, 6.45) is 1.31. The minimum Gasteiger partial charge on any atom is -0.481 e. The molecular formula is C16H27NO4. The quantitative estimate of drug-likeness (QED) is 0.862. The van der Waals surface area contributed by atoms with Crippen LogP contribution < -0.4 is 0 Å². The van der Waals surface area contributed by atoms with Crippen LogP contribution in [0.3, 0.4) is 0 Å². The lowest BCUT2D eigenvalue weighted by Crippen LogP contribution is -2.45. The summed E-state index contributed by atoms with van der Waals surface area (Å²) in [4.78, 5) is 26.3. The molecule has 2 fully saturated rings. The van der Waals surface area contributed by atoms with E-state index in [9.17, 15) is 14.7 Å². The number of amides is 1. The van der Waals surface area contributed by atoms with Crippen molar-refractivity contribution in [3.8, 4) is 0 Å². The van der Waals surface area contributed by atoms with Crippen molar-refractivity contribution >= 4 is 11.9 Å². The molecule has 0 saturated carbocycles. The highest BCUT2D eigenvalue weighted by Crippen LogP contribution is 2.44. The highest BCUT2D eigenvalue weighted by Gasteiger charge is 2.55. The van der Waals surface area contributed by atoms with Gasteiger partial charge in [0.05, 0.1) is 12.0 Å². The molecule has 0 aliphatic carbocycles. The minimum absolute atomic E-state index is 0.0752. The summed E-state index contributed by atoms with van der Waals surface area (Å²) in [5.74, 6) is -0.355. The molecule has 5 nitrogen and oxygen atoms in total. The second-order valence-electron chi connectivity index (χ2n) is 7.65. The van der Waals surface area contributed by atoms with Crippen LogP contribution in [0.25, 0.3) is 0 Å². The molecule has 2 rings (SSSR count). The minimum atomic E-state index is -0.804. The maximum Gasteiger partial charge on any atom is 0.311 e. The van der Waals surface area contributed by atoms with Crippen LogP contribution in [0.1, 0.15) is 40.5 Å². The van der Waals surface area contributed by atoms with E-state index < -0.39 is 16.8 Å². The van der Waals surface area contributed by atoms with Gasteiger partial charge < -0.3 is 14.7 Å². The summed E-state index contributed by atoms with van der Waals surface area (Å²) < 4.78 is 5.44. The molecule has 1 amide bonds. The average molecular weight is 297 g/mol. The SMILES string of the molecule is CC(C)CC(C)(C)C(=O)N1C[C@H]2COCC[C@@]2(C(=O)O)C1. The number of hydrogen-bond acceptors (Lipinski definition) is 3. The Morgan fingerprint density at radius 2 is 2.10 bits per heavy atom. The number of carboxylic acid groups (broad SMARTS) is 1.